The topological polar surface area (TPSA) is 34.2 Å². The Hall–Kier alpha value is -1.16. The largest absolute Gasteiger partial charge is 0.476 e. The molecule has 0 bridgehead atoms. The zero-order valence-corrected chi connectivity index (χ0v) is 9.92. The molecule has 0 aliphatic rings. The van der Waals surface area contributed by atoms with Gasteiger partial charge in [0, 0.05) is 18.3 Å². The summed E-state index contributed by atoms with van der Waals surface area (Å²) in [6.07, 6.45) is 3.46. The molecular formula is C12H19FN2O. The molecule has 0 aromatic carbocycles. The molecule has 0 saturated carbocycles. The Bertz CT molecular complexity index is 318. The standard InChI is InChI=1S/C12H19FN2O/c1-3-6-14-9-10-5-7-15-12(11(10)13)16-8-4-2/h5,7,14H,3-4,6,8-9H2,1-2H3. The molecule has 0 aliphatic carbocycles. The van der Waals surface area contributed by atoms with E-state index in [0.29, 0.717) is 18.7 Å². The Morgan fingerprint density at radius 2 is 2.19 bits per heavy atom. The zero-order chi connectivity index (χ0) is 11.8. The maximum absolute atomic E-state index is 13.8. The van der Waals surface area contributed by atoms with E-state index in [0.717, 1.165) is 19.4 Å². The average Bonchev–Trinajstić information content (AvgIpc) is 2.30. The van der Waals surface area contributed by atoms with E-state index in [-0.39, 0.29) is 11.7 Å². The minimum absolute atomic E-state index is 0.109. The normalized spacial score (nSPS) is 10.4. The van der Waals surface area contributed by atoms with Crippen molar-refractivity contribution in [1.29, 1.82) is 0 Å². The smallest absolute Gasteiger partial charge is 0.250 e. The van der Waals surface area contributed by atoms with Crippen molar-refractivity contribution in [3.05, 3.63) is 23.6 Å². The van der Waals surface area contributed by atoms with Gasteiger partial charge in [0.1, 0.15) is 0 Å². The second-order valence-electron chi connectivity index (χ2n) is 3.61. The van der Waals surface area contributed by atoms with Gasteiger partial charge in [-0.1, -0.05) is 13.8 Å². The van der Waals surface area contributed by atoms with E-state index in [4.69, 9.17) is 4.74 Å². The predicted molar refractivity (Wildman–Crippen MR) is 62.0 cm³/mol. The second-order valence-corrected chi connectivity index (χ2v) is 3.61. The number of ether oxygens (including phenoxy) is 1. The van der Waals surface area contributed by atoms with Crippen LogP contribution in [0.5, 0.6) is 5.88 Å². The molecule has 0 spiro atoms. The van der Waals surface area contributed by atoms with Crippen LogP contribution in [0.4, 0.5) is 4.39 Å². The van der Waals surface area contributed by atoms with Crippen molar-refractivity contribution in [2.24, 2.45) is 0 Å². The molecule has 16 heavy (non-hydrogen) atoms. The summed E-state index contributed by atoms with van der Waals surface area (Å²) in [5.74, 6) is -0.239. The number of hydrogen-bond donors (Lipinski definition) is 1. The van der Waals surface area contributed by atoms with Crippen LogP contribution in [0.2, 0.25) is 0 Å². The third-order valence-electron chi connectivity index (χ3n) is 2.12. The number of halogens is 1. The number of nitrogens with zero attached hydrogens (tertiary/aromatic N) is 1. The number of hydrogen-bond acceptors (Lipinski definition) is 3. The fraction of sp³-hybridized carbons (Fsp3) is 0.583. The van der Waals surface area contributed by atoms with Gasteiger partial charge in [-0.25, -0.2) is 9.37 Å². The van der Waals surface area contributed by atoms with E-state index in [2.05, 4.69) is 17.2 Å². The van der Waals surface area contributed by atoms with Crippen molar-refractivity contribution < 1.29 is 9.13 Å². The van der Waals surface area contributed by atoms with Gasteiger partial charge in [0.05, 0.1) is 6.61 Å². The molecule has 0 atom stereocenters. The Labute approximate surface area is 96.0 Å². The molecule has 0 fully saturated rings. The highest BCUT2D eigenvalue weighted by Crippen LogP contribution is 2.17. The van der Waals surface area contributed by atoms with Gasteiger partial charge in [0.2, 0.25) is 0 Å². The van der Waals surface area contributed by atoms with E-state index in [1.807, 2.05) is 6.92 Å². The summed E-state index contributed by atoms with van der Waals surface area (Å²) in [7, 11) is 0. The van der Waals surface area contributed by atoms with Crippen LogP contribution in [-0.2, 0) is 6.54 Å². The molecule has 0 radical (unpaired) electrons. The average molecular weight is 226 g/mol. The van der Waals surface area contributed by atoms with Gasteiger partial charge in [0.15, 0.2) is 5.82 Å². The minimum atomic E-state index is -0.348. The van der Waals surface area contributed by atoms with Crippen LogP contribution >= 0.6 is 0 Å². The van der Waals surface area contributed by atoms with Gasteiger partial charge in [-0.2, -0.15) is 0 Å². The first kappa shape index (κ1) is 12.9. The maximum Gasteiger partial charge on any atom is 0.250 e. The van der Waals surface area contributed by atoms with Gasteiger partial charge in [-0.05, 0) is 25.5 Å². The summed E-state index contributed by atoms with van der Waals surface area (Å²) in [5, 5.41) is 3.15. The molecule has 4 heteroatoms. The van der Waals surface area contributed by atoms with Crippen molar-refractivity contribution in [1.82, 2.24) is 10.3 Å². The Kier molecular flexibility index (Phi) is 5.78. The number of nitrogens with one attached hydrogen (secondary N) is 1. The van der Waals surface area contributed by atoms with Crippen molar-refractivity contribution in [3.63, 3.8) is 0 Å². The summed E-state index contributed by atoms with van der Waals surface area (Å²) in [5.41, 5.74) is 0.606. The van der Waals surface area contributed by atoms with Gasteiger partial charge < -0.3 is 10.1 Å². The van der Waals surface area contributed by atoms with Crippen LogP contribution < -0.4 is 10.1 Å². The van der Waals surface area contributed by atoms with Crippen LogP contribution in [0, 0.1) is 5.82 Å². The van der Waals surface area contributed by atoms with Crippen LogP contribution in [0.15, 0.2) is 12.3 Å². The first-order chi connectivity index (χ1) is 7.79. The Morgan fingerprint density at radius 1 is 1.38 bits per heavy atom. The monoisotopic (exact) mass is 226 g/mol. The van der Waals surface area contributed by atoms with Crippen molar-refractivity contribution in [3.8, 4) is 5.88 Å². The fourth-order valence-electron chi connectivity index (χ4n) is 1.30. The third-order valence-corrected chi connectivity index (χ3v) is 2.12. The molecule has 0 saturated heterocycles. The third kappa shape index (κ3) is 3.77. The quantitative estimate of drug-likeness (QED) is 0.725. The molecule has 1 N–H and O–H groups in total. The Balaban J connectivity index is 2.62. The Morgan fingerprint density at radius 3 is 2.88 bits per heavy atom. The molecule has 90 valence electrons. The maximum atomic E-state index is 13.8. The van der Waals surface area contributed by atoms with E-state index >= 15 is 0 Å². The highest BCUT2D eigenvalue weighted by atomic mass is 19.1. The second kappa shape index (κ2) is 7.17. The van der Waals surface area contributed by atoms with Crippen molar-refractivity contribution in [2.45, 2.75) is 33.2 Å². The highest BCUT2D eigenvalue weighted by Gasteiger charge is 2.09. The number of pyridine rings is 1. The summed E-state index contributed by atoms with van der Waals surface area (Å²) < 4.78 is 19.0. The lowest BCUT2D eigenvalue weighted by atomic mass is 10.2. The molecule has 0 unspecified atom stereocenters. The first-order valence-electron chi connectivity index (χ1n) is 5.76. The molecule has 1 aromatic rings. The summed E-state index contributed by atoms with van der Waals surface area (Å²) >= 11 is 0. The summed E-state index contributed by atoms with van der Waals surface area (Å²) in [6, 6.07) is 1.68. The summed E-state index contributed by atoms with van der Waals surface area (Å²) in [6.45, 7) is 5.95. The van der Waals surface area contributed by atoms with Crippen LogP contribution in [0.25, 0.3) is 0 Å². The molecule has 1 aromatic heterocycles. The minimum Gasteiger partial charge on any atom is -0.476 e. The van der Waals surface area contributed by atoms with Gasteiger partial charge >= 0.3 is 0 Å². The van der Waals surface area contributed by atoms with Crippen LogP contribution in [0.1, 0.15) is 32.3 Å². The number of aromatic nitrogens is 1. The van der Waals surface area contributed by atoms with Gasteiger partial charge in [-0.3, -0.25) is 0 Å². The molecule has 0 amide bonds. The summed E-state index contributed by atoms with van der Waals surface area (Å²) in [4.78, 5) is 3.88. The molecule has 3 nitrogen and oxygen atoms in total. The molecule has 1 rings (SSSR count). The van der Waals surface area contributed by atoms with Crippen LogP contribution in [-0.4, -0.2) is 18.1 Å². The lowest BCUT2D eigenvalue weighted by Gasteiger charge is -2.08. The van der Waals surface area contributed by atoms with E-state index < -0.39 is 0 Å². The molecule has 1 heterocycles. The van der Waals surface area contributed by atoms with Gasteiger partial charge in [0.25, 0.3) is 5.88 Å². The van der Waals surface area contributed by atoms with E-state index in [1.165, 1.54) is 0 Å². The molecule has 0 aliphatic heterocycles. The fourth-order valence-corrected chi connectivity index (χ4v) is 1.30. The first-order valence-corrected chi connectivity index (χ1v) is 5.76. The zero-order valence-electron chi connectivity index (χ0n) is 9.92. The molecular weight excluding hydrogens is 207 g/mol. The lowest BCUT2D eigenvalue weighted by Crippen LogP contribution is -2.15. The van der Waals surface area contributed by atoms with Crippen molar-refractivity contribution >= 4 is 0 Å². The predicted octanol–water partition coefficient (Wildman–Crippen LogP) is 2.51. The highest BCUT2D eigenvalue weighted by molar-refractivity contribution is 5.23. The lowest BCUT2D eigenvalue weighted by molar-refractivity contribution is 0.287. The SMILES string of the molecule is CCCNCc1ccnc(OCCC)c1F. The van der Waals surface area contributed by atoms with Crippen molar-refractivity contribution in [2.75, 3.05) is 13.2 Å². The van der Waals surface area contributed by atoms with E-state index in [9.17, 15) is 4.39 Å². The van der Waals surface area contributed by atoms with E-state index in [1.54, 1.807) is 12.3 Å². The van der Waals surface area contributed by atoms with Crippen LogP contribution in [0.3, 0.4) is 0 Å². The van der Waals surface area contributed by atoms with Gasteiger partial charge in [-0.15, -0.1) is 0 Å². The number of rotatable bonds is 7.